The third kappa shape index (κ3) is 2.99. The van der Waals surface area contributed by atoms with Gasteiger partial charge in [-0.05, 0) is 40.8 Å². The summed E-state index contributed by atoms with van der Waals surface area (Å²) in [5, 5.41) is 18.6. The second kappa shape index (κ2) is 6.44. The van der Waals surface area contributed by atoms with E-state index in [1.165, 1.54) is 10.9 Å². The van der Waals surface area contributed by atoms with Crippen LogP contribution in [0.2, 0.25) is 5.02 Å². The molecule has 0 amide bonds. The molecule has 0 atom stereocenters. The number of aromatic hydroxyl groups is 1. The first-order chi connectivity index (χ1) is 12.4. The van der Waals surface area contributed by atoms with Crippen molar-refractivity contribution in [3.8, 4) is 22.8 Å². The molecule has 9 heteroatoms. The first-order valence-electron chi connectivity index (χ1n) is 7.29. The number of hydrogen-bond donors (Lipinski definition) is 1. The number of fused-ring (bicyclic) bond motifs is 1. The van der Waals surface area contributed by atoms with Gasteiger partial charge in [-0.1, -0.05) is 22.9 Å². The van der Waals surface area contributed by atoms with Crippen LogP contribution in [0, 0.1) is 15.2 Å². The van der Waals surface area contributed by atoms with E-state index >= 15 is 0 Å². The lowest BCUT2D eigenvalue weighted by atomic mass is 10.2. The highest BCUT2D eigenvalue weighted by Crippen LogP contribution is 2.27. The standard InChI is InChI=1S/C17H8ClF2IN4O/c18-10-3-8-1-2-14(22-15(8)6-13(10)21)16-7-25(24-23-16)9-4-11(19)17(26)12(20)5-9/h1-7,26H. The molecular weight excluding hydrogens is 477 g/mol. The van der Waals surface area contributed by atoms with Crippen molar-refractivity contribution in [1.29, 1.82) is 0 Å². The average Bonchev–Trinajstić information content (AvgIpc) is 3.10. The van der Waals surface area contributed by atoms with E-state index in [0.29, 0.717) is 16.4 Å². The SMILES string of the molecule is Oc1c(F)cc(-n2cc(-c3ccc4cc(Cl)c(I)cc4n3)nn2)cc1F. The van der Waals surface area contributed by atoms with Gasteiger partial charge >= 0.3 is 0 Å². The highest BCUT2D eigenvalue weighted by Gasteiger charge is 2.13. The fourth-order valence-electron chi connectivity index (χ4n) is 2.45. The molecule has 0 aliphatic heterocycles. The molecule has 0 bridgehead atoms. The van der Waals surface area contributed by atoms with Crippen LogP contribution in [-0.2, 0) is 0 Å². The summed E-state index contributed by atoms with van der Waals surface area (Å²) >= 11 is 8.24. The van der Waals surface area contributed by atoms with Gasteiger partial charge in [-0.2, -0.15) is 0 Å². The first kappa shape index (κ1) is 17.1. The van der Waals surface area contributed by atoms with Crippen LogP contribution < -0.4 is 0 Å². The zero-order valence-corrected chi connectivity index (χ0v) is 15.7. The molecule has 0 saturated heterocycles. The molecule has 0 spiro atoms. The van der Waals surface area contributed by atoms with Crippen molar-refractivity contribution in [2.24, 2.45) is 0 Å². The second-order valence-corrected chi connectivity index (χ2v) is 7.03. The Morgan fingerprint density at radius 1 is 1.04 bits per heavy atom. The Morgan fingerprint density at radius 3 is 2.50 bits per heavy atom. The van der Waals surface area contributed by atoms with E-state index in [1.54, 1.807) is 6.07 Å². The molecule has 0 aliphatic carbocycles. The number of halogens is 4. The Kier molecular flexibility index (Phi) is 4.23. The van der Waals surface area contributed by atoms with Crippen LogP contribution >= 0.6 is 34.2 Å². The topological polar surface area (TPSA) is 63.8 Å². The third-order valence-corrected chi connectivity index (χ3v) is 5.28. The van der Waals surface area contributed by atoms with Gasteiger partial charge in [0.05, 0.1) is 28.1 Å². The maximum atomic E-state index is 13.5. The van der Waals surface area contributed by atoms with Crippen LogP contribution in [0.1, 0.15) is 0 Å². The van der Waals surface area contributed by atoms with Gasteiger partial charge in [0, 0.05) is 21.1 Å². The molecule has 0 fully saturated rings. The molecule has 2 aromatic carbocycles. The van der Waals surface area contributed by atoms with Gasteiger partial charge in [-0.15, -0.1) is 5.10 Å². The van der Waals surface area contributed by atoms with E-state index in [9.17, 15) is 13.9 Å². The van der Waals surface area contributed by atoms with E-state index < -0.39 is 17.4 Å². The molecule has 5 nitrogen and oxygen atoms in total. The van der Waals surface area contributed by atoms with Crippen molar-refractivity contribution in [2.45, 2.75) is 0 Å². The average molecular weight is 485 g/mol. The highest BCUT2D eigenvalue weighted by atomic mass is 127. The zero-order chi connectivity index (χ0) is 18.4. The second-order valence-electron chi connectivity index (χ2n) is 5.46. The summed E-state index contributed by atoms with van der Waals surface area (Å²) in [6, 6.07) is 9.24. The molecule has 0 radical (unpaired) electrons. The van der Waals surface area contributed by atoms with Gasteiger partial charge in [0.15, 0.2) is 17.4 Å². The van der Waals surface area contributed by atoms with Crippen LogP contribution in [0.3, 0.4) is 0 Å². The highest BCUT2D eigenvalue weighted by molar-refractivity contribution is 14.1. The minimum Gasteiger partial charge on any atom is -0.503 e. The Hall–Kier alpha value is -2.33. The summed E-state index contributed by atoms with van der Waals surface area (Å²) in [5.41, 5.74) is 1.83. The van der Waals surface area contributed by atoms with Crippen LogP contribution in [0.5, 0.6) is 5.75 Å². The molecule has 0 saturated carbocycles. The van der Waals surface area contributed by atoms with Crippen LogP contribution in [0.4, 0.5) is 8.78 Å². The predicted molar refractivity (Wildman–Crippen MR) is 101 cm³/mol. The Bertz CT molecular complexity index is 1140. The van der Waals surface area contributed by atoms with Gasteiger partial charge < -0.3 is 5.11 Å². The van der Waals surface area contributed by atoms with Crippen molar-refractivity contribution in [3.05, 3.63) is 62.8 Å². The fourth-order valence-corrected chi connectivity index (χ4v) is 3.07. The minimum atomic E-state index is -1.08. The molecule has 130 valence electrons. The van der Waals surface area contributed by atoms with E-state index in [-0.39, 0.29) is 5.69 Å². The number of benzene rings is 2. The Balaban J connectivity index is 1.76. The summed E-state index contributed by atoms with van der Waals surface area (Å²) in [5.74, 6) is -3.18. The fraction of sp³-hybridized carbons (Fsp3) is 0. The van der Waals surface area contributed by atoms with E-state index in [1.807, 2.05) is 18.2 Å². The van der Waals surface area contributed by atoms with Gasteiger partial charge in [-0.25, -0.2) is 18.4 Å². The third-order valence-electron chi connectivity index (χ3n) is 3.75. The van der Waals surface area contributed by atoms with Crippen molar-refractivity contribution >= 4 is 45.1 Å². The number of aromatic nitrogens is 4. The summed E-state index contributed by atoms with van der Waals surface area (Å²) in [4.78, 5) is 4.54. The van der Waals surface area contributed by atoms with Crippen molar-refractivity contribution in [2.75, 3.05) is 0 Å². The molecule has 4 aromatic rings. The Morgan fingerprint density at radius 2 is 1.77 bits per heavy atom. The summed E-state index contributed by atoms with van der Waals surface area (Å²) in [6.07, 6.45) is 1.50. The van der Waals surface area contributed by atoms with Gasteiger partial charge in [0.2, 0.25) is 0 Å². The van der Waals surface area contributed by atoms with Crippen molar-refractivity contribution in [1.82, 2.24) is 20.0 Å². The number of phenolic OH excluding ortho intramolecular Hbond substituents is 1. The molecule has 26 heavy (non-hydrogen) atoms. The maximum absolute atomic E-state index is 13.5. The number of rotatable bonds is 2. The summed E-state index contributed by atoms with van der Waals surface area (Å²) < 4.78 is 29.1. The van der Waals surface area contributed by atoms with Crippen molar-refractivity contribution in [3.63, 3.8) is 0 Å². The molecule has 0 aliphatic rings. The quantitative estimate of drug-likeness (QED) is 0.418. The van der Waals surface area contributed by atoms with Gasteiger partial charge in [0.25, 0.3) is 0 Å². The molecule has 2 aromatic heterocycles. The van der Waals surface area contributed by atoms with Gasteiger partial charge in [0.1, 0.15) is 5.69 Å². The predicted octanol–water partition coefficient (Wildman–Crippen LogP) is 4.72. The minimum absolute atomic E-state index is 0.0960. The molecule has 2 heterocycles. The van der Waals surface area contributed by atoms with Gasteiger partial charge in [-0.3, -0.25) is 0 Å². The lowest BCUT2D eigenvalue weighted by molar-refractivity contribution is 0.395. The molecular formula is C17H8ClF2IN4O. The van der Waals surface area contributed by atoms with Crippen LogP contribution in [0.15, 0.2) is 42.6 Å². The van der Waals surface area contributed by atoms with E-state index in [0.717, 1.165) is 26.6 Å². The maximum Gasteiger partial charge on any atom is 0.187 e. The zero-order valence-electron chi connectivity index (χ0n) is 12.8. The number of nitrogens with zero attached hydrogens (tertiary/aromatic N) is 4. The van der Waals surface area contributed by atoms with Crippen molar-refractivity contribution < 1.29 is 13.9 Å². The lowest BCUT2D eigenvalue weighted by Gasteiger charge is -2.03. The van der Waals surface area contributed by atoms with Crippen LogP contribution in [-0.4, -0.2) is 25.1 Å². The van der Waals surface area contributed by atoms with Crippen LogP contribution in [0.25, 0.3) is 28.0 Å². The molecule has 0 unspecified atom stereocenters. The number of hydrogen-bond acceptors (Lipinski definition) is 4. The number of pyridine rings is 1. The molecule has 1 N–H and O–H groups in total. The Labute approximate surface area is 164 Å². The summed E-state index contributed by atoms with van der Waals surface area (Å²) in [7, 11) is 0. The van der Waals surface area contributed by atoms with E-state index in [2.05, 4.69) is 37.9 Å². The van der Waals surface area contributed by atoms with E-state index in [4.69, 9.17) is 11.6 Å². The summed E-state index contributed by atoms with van der Waals surface area (Å²) in [6.45, 7) is 0. The smallest absolute Gasteiger partial charge is 0.187 e. The largest absolute Gasteiger partial charge is 0.503 e. The first-order valence-corrected chi connectivity index (χ1v) is 8.75. The normalized spacial score (nSPS) is 11.2. The molecule has 4 rings (SSSR count). The monoisotopic (exact) mass is 484 g/mol. The lowest BCUT2D eigenvalue weighted by Crippen LogP contribution is -1.97. The number of phenols is 1.